The zero-order valence-electron chi connectivity index (χ0n) is 19.0. The van der Waals surface area contributed by atoms with Crippen molar-refractivity contribution in [2.75, 3.05) is 47.0 Å². The molecular weight excluding hydrogens is 450 g/mol. The average molecular weight is 478 g/mol. The molecule has 1 fully saturated rings. The van der Waals surface area contributed by atoms with Gasteiger partial charge in [-0.15, -0.1) is 0 Å². The van der Waals surface area contributed by atoms with Gasteiger partial charge in [0.2, 0.25) is 10.0 Å². The second-order valence-electron chi connectivity index (χ2n) is 7.26. The van der Waals surface area contributed by atoms with E-state index in [2.05, 4.69) is 4.98 Å². The first-order valence-electron chi connectivity index (χ1n) is 10.4. The van der Waals surface area contributed by atoms with Gasteiger partial charge in [-0.2, -0.15) is 4.31 Å². The van der Waals surface area contributed by atoms with Crippen LogP contribution in [0, 0.1) is 6.92 Å². The van der Waals surface area contributed by atoms with Gasteiger partial charge >= 0.3 is 5.97 Å². The first kappa shape index (κ1) is 24.5. The maximum Gasteiger partial charge on any atom is 0.339 e. The number of hydrogen-bond acceptors (Lipinski definition) is 8. The molecule has 11 heteroatoms. The number of esters is 1. The van der Waals surface area contributed by atoms with E-state index in [1.807, 2.05) is 0 Å². The number of sulfonamides is 1. The van der Waals surface area contributed by atoms with Gasteiger partial charge in [-0.1, -0.05) is 0 Å². The number of carbonyl (C=O) groups is 2. The van der Waals surface area contributed by atoms with Crippen LogP contribution in [0.25, 0.3) is 0 Å². The highest BCUT2D eigenvalue weighted by Gasteiger charge is 2.33. The van der Waals surface area contributed by atoms with Crippen LogP contribution in [0.15, 0.2) is 35.2 Å². The van der Waals surface area contributed by atoms with Crippen molar-refractivity contribution in [1.82, 2.24) is 14.2 Å². The third-order valence-electron chi connectivity index (χ3n) is 5.31. The van der Waals surface area contributed by atoms with Crippen molar-refractivity contribution >= 4 is 21.9 Å². The fourth-order valence-corrected chi connectivity index (χ4v) is 5.12. The Kier molecular flexibility index (Phi) is 7.54. The number of methoxy groups -OCH3 is 2. The fourth-order valence-electron chi connectivity index (χ4n) is 3.52. The molecule has 0 radical (unpaired) electrons. The van der Waals surface area contributed by atoms with Crippen LogP contribution in [0.3, 0.4) is 0 Å². The third kappa shape index (κ3) is 5.09. The lowest BCUT2D eigenvalue weighted by molar-refractivity contribution is 0.0523. The molecule has 1 aliphatic heterocycles. The van der Waals surface area contributed by atoms with E-state index >= 15 is 0 Å². The van der Waals surface area contributed by atoms with Crippen LogP contribution in [0.4, 0.5) is 0 Å². The number of rotatable bonds is 7. The summed E-state index contributed by atoms with van der Waals surface area (Å²) in [5.41, 5.74) is 0.883. The van der Waals surface area contributed by atoms with E-state index in [-0.39, 0.29) is 55.0 Å². The first-order chi connectivity index (χ1) is 15.7. The fraction of sp³-hybridized carbons (Fsp3) is 0.409. The Labute approximate surface area is 193 Å². The van der Waals surface area contributed by atoms with E-state index in [4.69, 9.17) is 14.2 Å². The summed E-state index contributed by atoms with van der Waals surface area (Å²) in [6.07, 6.45) is 0. The van der Waals surface area contributed by atoms with Crippen molar-refractivity contribution in [2.24, 2.45) is 0 Å². The van der Waals surface area contributed by atoms with Crippen LogP contribution in [-0.2, 0) is 14.8 Å². The van der Waals surface area contributed by atoms with Gasteiger partial charge in [0.05, 0.1) is 32.1 Å². The Bertz CT molecular complexity index is 1140. The number of aryl methyl sites for hydroxylation is 1. The lowest BCUT2D eigenvalue weighted by atomic mass is 10.1. The molecule has 33 heavy (non-hydrogen) atoms. The topological polar surface area (TPSA) is 115 Å². The molecule has 1 saturated heterocycles. The highest BCUT2D eigenvalue weighted by molar-refractivity contribution is 7.89. The Hall–Kier alpha value is -3.18. The van der Waals surface area contributed by atoms with Crippen LogP contribution in [-0.4, -0.2) is 81.5 Å². The van der Waals surface area contributed by atoms with Crippen LogP contribution in [0.5, 0.6) is 11.5 Å². The maximum atomic E-state index is 13.2. The predicted octanol–water partition coefficient (Wildman–Crippen LogP) is 1.73. The molecule has 0 bridgehead atoms. The van der Waals surface area contributed by atoms with E-state index in [0.29, 0.717) is 17.0 Å². The van der Waals surface area contributed by atoms with Gasteiger partial charge in [0.1, 0.15) is 22.1 Å². The Balaban J connectivity index is 1.73. The molecule has 0 N–H and O–H groups in total. The molecule has 1 aliphatic rings. The average Bonchev–Trinajstić information content (AvgIpc) is 2.83. The summed E-state index contributed by atoms with van der Waals surface area (Å²) in [6, 6.07) is 7.58. The second-order valence-corrected chi connectivity index (χ2v) is 9.17. The maximum absolute atomic E-state index is 13.2. The van der Waals surface area contributed by atoms with Crippen LogP contribution >= 0.6 is 0 Å². The molecule has 1 aromatic carbocycles. The molecule has 1 aromatic heterocycles. The number of nitrogens with zero attached hydrogens (tertiary/aromatic N) is 3. The van der Waals surface area contributed by atoms with Gasteiger partial charge in [0, 0.05) is 32.2 Å². The predicted molar refractivity (Wildman–Crippen MR) is 119 cm³/mol. The molecule has 2 aromatic rings. The number of hydrogen-bond donors (Lipinski definition) is 0. The van der Waals surface area contributed by atoms with Crippen molar-refractivity contribution in [2.45, 2.75) is 18.7 Å². The number of carbonyl (C=O) groups excluding carboxylic acids is 2. The first-order valence-corrected chi connectivity index (χ1v) is 11.8. The highest BCUT2D eigenvalue weighted by atomic mass is 32.2. The standard InChI is InChI=1S/C22H27N3O7S/c1-5-32-22(27)17-7-8-18(23-15(17)2)21(26)24-10-12-25(13-11-24)33(28,29)20-14-16(30-3)6-9-19(20)31-4/h6-9,14H,5,10-13H2,1-4H3. The zero-order chi connectivity index (χ0) is 24.2. The van der Waals surface area contributed by atoms with E-state index in [9.17, 15) is 18.0 Å². The molecule has 178 valence electrons. The minimum Gasteiger partial charge on any atom is -0.497 e. The van der Waals surface area contributed by atoms with E-state index in [0.717, 1.165) is 0 Å². The quantitative estimate of drug-likeness (QED) is 0.554. The van der Waals surface area contributed by atoms with Crippen molar-refractivity contribution in [3.05, 3.63) is 47.3 Å². The van der Waals surface area contributed by atoms with Gasteiger partial charge in [-0.25, -0.2) is 18.2 Å². The lowest BCUT2D eigenvalue weighted by Gasteiger charge is -2.34. The minimum absolute atomic E-state index is 0.0102. The highest BCUT2D eigenvalue weighted by Crippen LogP contribution is 2.31. The smallest absolute Gasteiger partial charge is 0.339 e. The molecular formula is C22H27N3O7S. The number of aromatic nitrogens is 1. The molecule has 0 aliphatic carbocycles. The molecule has 0 spiro atoms. The third-order valence-corrected chi connectivity index (χ3v) is 7.23. The summed E-state index contributed by atoms with van der Waals surface area (Å²) in [5.74, 6) is -0.204. The number of piperazine rings is 1. The Morgan fingerprint density at radius 2 is 1.73 bits per heavy atom. The zero-order valence-corrected chi connectivity index (χ0v) is 19.8. The SMILES string of the molecule is CCOC(=O)c1ccc(C(=O)N2CCN(S(=O)(=O)c3cc(OC)ccc3OC)CC2)nc1C. The van der Waals surface area contributed by atoms with E-state index < -0.39 is 16.0 Å². The molecule has 3 rings (SSSR count). The number of amides is 1. The van der Waals surface area contributed by atoms with E-state index in [1.165, 1.54) is 36.7 Å². The minimum atomic E-state index is -3.86. The number of pyridine rings is 1. The summed E-state index contributed by atoms with van der Waals surface area (Å²) in [6.45, 7) is 4.23. The van der Waals surface area contributed by atoms with Crippen molar-refractivity contribution in [3.8, 4) is 11.5 Å². The molecule has 1 amide bonds. The van der Waals surface area contributed by atoms with Gasteiger partial charge in [-0.3, -0.25) is 4.79 Å². The summed E-state index contributed by atoms with van der Waals surface area (Å²) >= 11 is 0. The molecule has 2 heterocycles. The largest absolute Gasteiger partial charge is 0.497 e. The van der Waals surface area contributed by atoms with Gasteiger partial charge in [0.15, 0.2) is 0 Å². The number of benzene rings is 1. The number of ether oxygens (including phenoxy) is 3. The lowest BCUT2D eigenvalue weighted by Crippen LogP contribution is -2.50. The van der Waals surface area contributed by atoms with Gasteiger partial charge in [-0.05, 0) is 38.1 Å². The van der Waals surface area contributed by atoms with Gasteiger partial charge < -0.3 is 19.1 Å². The van der Waals surface area contributed by atoms with Crippen molar-refractivity contribution in [3.63, 3.8) is 0 Å². The molecule has 0 unspecified atom stereocenters. The monoisotopic (exact) mass is 477 g/mol. The van der Waals surface area contributed by atoms with Crippen LogP contribution in [0.2, 0.25) is 0 Å². The summed E-state index contributed by atoms with van der Waals surface area (Å²) in [5, 5.41) is 0. The summed E-state index contributed by atoms with van der Waals surface area (Å²) in [7, 11) is -0.997. The van der Waals surface area contributed by atoms with E-state index in [1.54, 1.807) is 30.9 Å². The second kappa shape index (κ2) is 10.2. The molecule has 10 nitrogen and oxygen atoms in total. The Morgan fingerprint density at radius 3 is 2.30 bits per heavy atom. The normalized spacial score (nSPS) is 14.6. The Morgan fingerprint density at radius 1 is 1.03 bits per heavy atom. The van der Waals surface area contributed by atoms with Crippen LogP contribution < -0.4 is 9.47 Å². The van der Waals surface area contributed by atoms with Crippen molar-refractivity contribution < 1.29 is 32.2 Å². The van der Waals surface area contributed by atoms with Gasteiger partial charge in [0.25, 0.3) is 5.91 Å². The molecule has 0 saturated carbocycles. The molecule has 0 atom stereocenters. The van der Waals surface area contributed by atoms with Crippen molar-refractivity contribution in [1.29, 1.82) is 0 Å². The summed E-state index contributed by atoms with van der Waals surface area (Å²) in [4.78, 5) is 30.7. The summed E-state index contributed by atoms with van der Waals surface area (Å²) < 4.78 is 43.1. The van der Waals surface area contributed by atoms with Crippen LogP contribution in [0.1, 0.15) is 33.5 Å².